The van der Waals surface area contributed by atoms with E-state index in [0.717, 1.165) is 5.56 Å². The molecule has 0 fully saturated rings. The summed E-state index contributed by atoms with van der Waals surface area (Å²) in [6, 6.07) is 17.5. The van der Waals surface area contributed by atoms with Crippen molar-refractivity contribution in [2.24, 2.45) is 0 Å². The molecule has 3 aromatic carbocycles. The van der Waals surface area contributed by atoms with Crippen LogP contribution in [0.15, 0.2) is 71.6 Å². The summed E-state index contributed by atoms with van der Waals surface area (Å²) in [7, 11) is -2.32. The third kappa shape index (κ3) is 5.44. The number of methoxy groups -OCH3 is 1. The standard InChI is InChI=1S/C23H23N3O5S/c1-15-6-4-5-7-20(15)26-32(29,30)19-11-8-17(9-12-19)23(28)25-18-10-13-22(31-3)21(14-18)24-16(2)27/h4-14,26H,1-3H3,(H,24,27)(H,25,28). The van der Waals surface area contributed by atoms with Gasteiger partial charge in [-0.3, -0.25) is 14.3 Å². The Bertz CT molecular complexity index is 1250. The number of carbonyl (C=O) groups is 2. The first-order valence-electron chi connectivity index (χ1n) is 9.65. The van der Waals surface area contributed by atoms with Crippen molar-refractivity contribution in [2.45, 2.75) is 18.7 Å². The molecule has 0 atom stereocenters. The summed E-state index contributed by atoms with van der Waals surface area (Å²) >= 11 is 0. The summed E-state index contributed by atoms with van der Waals surface area (Å²) in [6.07, 6.45) is 0. The lowest BCUT2D eigenvalue weighted by atomic mass is 10.2. The third-order valence-corrected chi connectivity index (χ3v) is 5.97. The minimum absolute atomic E-state index is 0.0368. The number of carbonyl (C=O) groups excluding carboxylic acids is 2. The van der Waals surface area contributed by atoms with Gasteiger partial charge in [-0.15, -0.1) is 0 Å². The number of rotatable bonds is 7. The quantitative estimate of drug-likeness (QED) is 0.500. The Morgan fingerprint density at radius 3 is 2.19 bits per heavy atom. The molecule has 0 aliphatic carbocycles. The van der Waals surface area contributed by atoms with Crippen LogP contribution >= 0.6 is 0 Å². The molecule has 3 N–H and O–H groups in total. The van der Waals surface area contributed by atoms with Gasteiger partial charge in [0, 0.05) is 18.2 Å². The average molecular weight is 454 g/mol. The number of para-hydroxylation sites is 1. The predicted molar refractivity (Wildman–Crippen MR) is 124 cm³/mol. The number of hydrogen-bond acceptors (Lipinski definition) is 5. The molecule has 0 unspecified atom stereocenters. The Balaban J connectivity index is 1.75. The van der Waals surface area contributed by atoms with Gasteiger partial charge in [-0.05, 0) is 61.0 Å². The zero-order valence-corrected chi connectivity index (χ0v) is 18.6. The number of sulfonamides is 1. The van der Waals surface area contributed by atoms with Crippen molar-refractivity contribution in [2.75, 3.05) is 22.5 Å². The second-order valence-corrected chi connectivity index (χ2v) is 8.68. The van der Waals surface area contributed by atoms with Crippen LogP contribution in [0.3, 0.4) is 0 Å². The Kier molecular flexibility index (Phi) is 6.79. The van der Waals surface area contributed by atoms with E-state index in [1.54, 1.807) is 30.3 Å². The maximum absolute atomic E-state index is 12.7. The molecule has 0 radical (unpaired) electrons. The minimum Gasteiger partial charge on any atom is -0.495 e. The smallest absolute Gasteiger partial charge is 0.261 e. The van der Waals surface area contributed by atoms with Crippen LogP contribution < -0.4 is 20.1 Å². The van der Waals surface area contributed by atoms with Gasteiger partial charge in [0.1, 0.15) is 5.75 Å². The fourth-order valence-electron chi connectivity index (χ4n) is 2.95. The third-order valence-electron chi connectivity index (χ3n) is 4.58. The van der Waals surface area contributed by atoms with Crippen LogP contribution in [0.25, 0.3) is 0 Å². The van der Waals surface area contributed by atoms with Gasteiger partial charge in [0.25, 0.3) is 15.9 Å². The van der Waals surface area contributed by atoms with Crippen molar-refractivity contribution >= 4 is 38.9 Å². The molecule has 0 spiro atoms. The number of aryl methyl sites for hydroxylation is 1. The minimum atomic E-state index is -3.80. The predicted octanol–water partition coefficient (Wildman–Crippen LogP) is 4.02. The van der Waals surface area contributed by atoms with Gasteiger partial charge in [0.2, 0.25) is 5.91 Å². The van der Waals surface area contributed by atoms with Gasteiger partial charge in [-0.25, -0.2) is 8.42 Å². The molecule has 0 bridgehead atoms. The molecule has 0 saturated carbocycles. The van der Waals surface area contributed by atoms with Crippen LogP contribution in [0.1, 0.15) is 22.8 Å². The lowest BCUT2D eigenvalue weighted by Gasteiger charge is -2.12. The number of anilines is 3. The normalized spacial score (nSPS) is 10.8. The van der Waals surface area contributed by atoms with Crippen molar-refractivity contribution in [3.63, 3.8) is 0 Å². The van der Waals surface area contributed by atoms with Crippen molar-refractivity contribution in [3.8, 4) is 5.75 Å². The first-order valence-corrected chi connectivity index (χ1v) is 11.1. The van der Waals surface area contributed by atoms with Crippen LogP contribution in [0, 0.1) is 6.92 Å². The molecule has 2 amide bonds. The molecule has 166 valence electrons. The van der Waals surface area contributed by atoms with Crippen molar-refractivity contribution in [1.82, 2.24) is 0 Å². The molecule has 9 heteroatoms. The van der Waals surface area contributed by atoms with Gasteiger partial charge in [-0.1, -0.05) is 18.2 Å². The molecule has 3 rings (SSSR count). The van der Waals surface area contributed by atoms with Gasteiger partial charge in [0.05, 0.1) is 23.4 Å². The summed E-state index contributed by atoms with van der Waals surface area (Å²) in [5, 5.41) is 5.35. The topological polar surface area (TPSA) is 114 Å². The Labute approximate surface area is 186 Å². The number of ether oxygens (including phenoxy) is 1. The zero-order valence-electron chi connectivity index (χ0n) is 17.8. The van der Waals surface area contributed by atoms with E-state index in [-0.39, 0.29) is 16.4 Å². The summed E-state index contributed by atoms with van der Waals surface area (Å²) in [4.78, 5) is 24.0. The van der Waals surface area contributed by atoms with Gasteiger partial charge in [-0.2, -0.15) is 0 Å². The molecule has 0 saturated heterocycles. The average Bonchev–Trinajstić information content (AvgIpc) is 2.75. The molecule has 0 aliphatic heterocycles. The van der Waals surface area contributed by atoms with Crippen molar-refractivity contribution in [3.05, 3.63) is 77.9 Å². The number of benzene rings is 3. The van der Waals surface area contributed by atoms with Crippen LogP contribution in [0.2, 0.25) is 0 Å². The largest absolute Gasteiger partial charge is 0.495 e. The highest BCUT2D eigenvalue weighted by atomic mass is 32.2. The molecule has 0 aliphatic rings. The molecule has 3 aromatic rings. The Morgan fingerprint density at radius 2 is 1.56 bits per heavy atom. The summed E-state index contributed by atoms with van der Waals surface area (Å²) in [5.41, 5.74) is 2.42. The summed E-state index contributed by atoms with van der Waals surface area (Å²) < 4.78 is 33.1. The van der Waals surface area contributed by atoms with Gasteiger partial charge in [0.15, 0.2) is 0 Å². The van der Waals surface area contributed by atoms with E-state index in [0.29, 0.717) is 22.8 Å². The number of nitrogens with one attached hydrogen (secondary N) is 3. The molecule has 0 aromatic heterocycles. The fourth-order valence-corrected chi connectivity index (χ4v) is 4.08. The van der Waals surface area contributed by atoms with E-state index < -0.39 is 15.9 Å². The highest BCUT2D eigenvalue weighted by molar-refractivity contribution is 7.92. The summed E-state index contributed by atoms with van der Waals surface area (Å²) in [6.45, 7) is 3.18. The number of amides is 2. The lowest BCUT2D eigenvalue weighted by molar-refractivity contribution is -0.114. The molecular weight excluding hydrogens is 430 g/mol. The maximum atomic E-state index is 12.7. The zero-order chi connectivity index (χ0) is 23.3. The molecular formula is C23H23N3O5S. The Morgan fingerprint density at radius 1 is 0.875 bits per heavy atom. The molecule has 0 heterocycles. The van der Waals surface area contributed by atoms with Crippen molar-refractivity contribution in [1.29, 1.82) is 0 Å². The number of hydrogen-bond donors (Lipinski definition) is 3. The van der Waals surface area contributed by atoms with Gasteiger partial charge < -0.3 is 15.4 Å². The lowest BCUT2D eigenvalue weighted by Crippen LogP contribution is -2.15. The van der Waals surface area contributed by atoms with Crippen LogP contribution in [-0.4, -0.2) is 27.3 Å². The highest BCUT2D eigenvalue weighted by Crippen LogP contribution is 2.28. The SMILES string of the molecule is COc1ccc(NC(=O)c2ccc(S(=O)(=O)Nc3ccccc3C)cc2)cc1NC(C)=O. The second-order valence-electron chi connectivity index (χ2n) is 7.00. The van der Waals surface area contributed by atoms with Crippen LogP contribution in [0.5, 0.6) is 5.75 Å². The first kappa shape index (κ1) is 22.8. The van der Waals surface area contributed by atoms with E-state index in [2.05, 4.69) is 15.4 Å². The van der Waals surface area contributed by atoms with E-state index in [1.165, 1.54) is 38.3 Å². The van der Waals surface area contributed by atoms with E-state index >= 15 is 0 Å². The Hall–Kier alpha value is -3.85. The fraction of sp³-hybridized carbons (Fsp3) is 0.130. The second kappa shape index (κ2) is 9.52. The maximum Gasteiger partial charge on any atom is 0.261 e. The van der Waals surface area contributed by atoms with E-state index in [1.807, 2.05) is 19.1 Å². The van der Waals surface area contributed by atoms with Gasteiger partial charge >= 0.3 is 0 Å². The van der Waals surface area contributed by atoms with Crippen molar-refractivity contribution < 1.29 is 22.7 Å². The summed E-state index contributed by atoms with van der Waals surface area (Å²) in [5.74, 6) is -0.253. The van der Waals surface area contributed by atoms with E-state index in [4.69, 9.17) is 4.74 Å². The van der Waals surface area contributed by atoms with Crippen LogP contribution in [-0.2, 0) is 14.8 Å². The monoisotopic (exact) mass is 453 g/mol. The van der Waals surface area contributed by atoms with Crippen LogP contribution in [0.4, 0.5) is 17.1 Å². The first-order chi connectivity index (χ1) is 15.2. The highest BCUT2D eigenvalue weighted by Gasteiger charge is 2.16. The molecule has 8 nitrogen and oxygen atoms in total. The molecule has 32 heavy (non-hydrogen) atoms. The van der Waals surface area contributed by atoms with E-state index in [9.17, 15) is 18.0 Å².